The van der Waals surface area contributed by atoms with Gasteiger partial charge in [0.25, 0.3) is 0 Å². The van der Waals surface area contributed by atoms with Crippen molar-refractivity contribution < 1.29 is 27.8 Å². The lowest BCUT2D eigenvalue weighted by molar-refractivity contribution is 0.107. The third kappa shape index (κ3) is 5.90. The lowest BCUT2D eigenvalue weighted by atomic mass is 9.95. The summed E-state index contributed by atoms with van der Waals surface area (Å²) in [6, 6.07) is 8.13. The van der Waals surface area contributed by atoms with Crippen LogP contribution in [0, 0.1) is 18.2 Å². The van der Waals surface area contributed by atoms with E-state index in [1.807, 2.05) is 0 Å². The molecular weight excluding hydrogens is 606 g/mol. The lowest BCUT2D eigenvalue weighted by Crippen LogP contribution is -2.43. The summed E-state index contributed by atoms with van der Waals surface area (Å²) in [4.78, 5) is 32.6. The molecule has 3 aliphatic rings. The maximum atomic E-state index is 15.0. The molecule has 47 heavy (non-hydrogen) atoms. The second kappa shape index (κ2) is 12.5. The van der Waals surface area contributed by atoms with Gasteiger partial charge in [0.05, 0.1) is 34.3 Å². The van der Waals surface area contributed by atoms with Gasteiger partial charge >= 0.3 is 12.1 Å². The van der Waals surface area contributed by atoms with Crippen molar-refractivity contribution in [2.75, 3.05) is 65.0 Å². The number of amides is 1. The van der Waals surface area contributed by atoms with Gasteiger partial charge in [-0.25, -0.2) is 13.6 Å². The number of carbonyl (C=O) groups excluding carboxylic acids is 1. The van der Waals surface area contributed by atoms with E-state index in [4.69, 9.17) is 35.6 Å². The topological polar surface area (TPSA) is 93.1 Å². The molecule has 0 radical (unpaired) electrons. The molecule has 7 rings (SSSR count). The molecule has 0 saturated carbocycles. The van der Waals surface area contributed by atoms with Crippen LogP contribution in [0.1, 0.15) is 31.2 Å². The molecule has 3 aliphatic heterocycles. The molecule has 0 bridgehead atoms. The zero-order valence-corrected chi connectivity index (χ0v) is 26.5. The van der Waals surface area contributed by atoms with Gasteiger partial charge in [-0.3, -0.25) is 9.88 Å². The number of fused-ring (bicyclic) bond motifs is 3. The van der Waals surface area contributed by atoms with Crippen LogP contribution in [0.5, 0.6) is 11.8 Å². The molecule has 0 aliphatic carbocycles. The van der Waals surface area contributed by atoms with Gasteiger partial charge in [0.15, 0.2) is 0 Å². The Morgan fingerprint density at radius 1 is 1.17 bits per heavy atom. The predicted octanol–water partition coefficient (Wildman–Crippen LogP) is 5.21. The van der Waals surface area contributed by atoms with Crippen LogP contribution in [0.25, 0.3) is 32.9 Å². The number of rotatable bonds is 6. The summed E-state index contributed by atoms with van der Waals surface area (Å²) < 4.78 is 47.1. The molecule has 2 aromatic heterocycles. The van der Waals surface area contributed by atoms with E-state index in [1.165, 1.54) is 11.0 Å². The first kappa shape index (κ1) is 31.0. The number of anilines is 1. The van der Waals surface area contributed by atoms with Crippen molar-refractivity contribution in [2.24, 2.45) is 0 Å². The molecule has 244 valence electrons. The number of ether oxygens (including phenoxy) is 3. The number of aromatic nitrogens is 3. The van der Waals surface area contributed by atoms with E-state index in [0.29, 0.717) is 71.5 Å². The van der Waals surface area contributed by atoms with Crippen LogP contribution < -0.4 is 14.4 Å². The van der Waals surface area contributed by atoms with E-state index in [-0.39, 0.29) is 29.5 Å². The first-order valence-electron chi connectivity index (χ1n) is 15.9. The van der Waals surface area contributed by atoms with Crippen molar-refractivity contribution in [3.05, 3.63) is 47.9 Å². The minimum atomic E-state index is -0.877. The summed E-state index contributed by atoms with van der Waals surface area (Å²) >= 11 is 0. The number of halogens is 2. The highest BCUT2D eigenvalue weighted by atomic mass is 19.1. The molecule has 5 heterocycles. The standard InChI is InChI=1S/C35H36F2N6O4/c1-4-25-28(37)8-7-22-15-24(47-34(44)41(2)3)16-26(31(22)25)29-17-30-27(19-38-29)32(42-10-6-13-45-14-12-42)40-33(39-30)46-21-35-9-5-11-43(35)20-23(36)18-35/h1,7-8,15-17,19,23H,5-6,9-14,18,20-21H2,2-3H3/t23-,35+/m1/s1. The zero-order chi connectivity index (χ0) is 32.7. The second-order valence-electron chi connectivity index (χ2n) is 12.6. The molecule has 2 aromatic carbocycles. The summed E-state index contributed by atoms with van der Waals surface area (Å²) in [7, 11) is 3.17. The minimum Gasteiger partial charge on any atom is -0.461 e. The van der Waals surface area contributed by atoms with Crippen LogP contribution in [0.4, 0.5) is 19.4 Å². The molecule has 3 fully saturated rings. The molecule has 12 heteroatoms. The van der Waals surface area contributed by atoms with Gasteiger partial charge in [-0.15, -0.1) is 6.42 Å². The minimum absolute atomic E-state index is 0.0740. The molecular formula is C35H36F2N6O4. The quantitative estimate of drug-likeness (QED) is 0.263. The average molecular weight is 643 g/mol. The van der Waals surface area contributed by atoms with Crippen molar-refractivity contribution in [3.8, 4) is 35.4 Å². The number of carbonyl (C=O) groups is 1. The molecule has 0 unspecified atom stereocenters. The summed E-state index contributed by atoms with van der Waals surface area (Å²) in [5.41, 5.74) is 1.18. The molecule has 10 nitrogen and oxygen atoms in total. The van der Waals surface area contributed by atoms with E-state index in [9.17, 15) is 9.18 Å². The predicted molar refractivity (Wildman–Crippen MR) is 174 cm³/mol. The van der Waals surface area contributed by atoms with Crippen LogP contribution >= 0.6 is 0 Å². The van der Waals surface area contributed by atoms with Crippen molar-refractivity contribution in [3.63, 3.8) is 0 Å². The van der Waals surface area contributed by atoms with Gasteiger partial charge in [-0.2, -0.15) is 9.97 Å². The Morgan fingerprint density at radius 3 is 2.87 bits per heavy atom. The summed E-state index contributed by atoms with van der Waals surface area (Å²) in [5, 5.41) is 1.75. The van der Waals surface area contributed by atoms with Gasteiger partial charge in [0.2, 0.25) is 0 Å². The zero-order valence-electron chi connectivity index (χ0n) is 26.5. The van der Waals surface area contributed by atoms with E-state index in [1.54, 1.807) is 44.6 Å². The second-order valence-corrected chi connectivity index (χ2v) is 12.6. The number of hydrogen-bond acceptors (Lipinski definition) is 9. The molecule has 2 atom stereocenters. The van der Waals surface area contributed by atoms with Crippen LogP contribution in [-0.2, 0) is 4.74 Å². The van der Waals surface area contributed by atoms with E-state index in [2.05, 4.69) is 15.7 Å². The highest BCUT2D eigenvalue weighted by molar-refractivity contribution is 6.03. The van der Waals surface area contributed by atoms with E-state index < -0.39 is 18.1 Å². The highest BCUT2D eigenvalue weighted by Gasteiger charge is 2.49. The highest BCUT2D eigenvalue weighted by Crippen LogP contribution is 2.41. The fourth-order valence-electron chi connectivity index (χ4n) is 7.05. The molecule has 3 saturated heterocycles. The van der Waals surface area contributed by atoms with Crippen molar-refractivity contribution in [2.45, 2.75) is 37.4 Å². The Balaban J connectivity index is 1.35. The van der Waals surface area contributed by atoms with Gasteiger partial charge in [-0.05, 0) is 55.5 Å². The molecule has 4 aromatic rings. The Kier molecular flexibility index (Phi) is 8.28. The fraction of sp³-hybridized carbons (Fsp3) is 0.429. The van der Waals surface area contributed by atoms with Crippen molar-refractivity contribution in [1.82, 2.24) is 24.8 Å². The summed E-state index contributed by atoms with van der Waals surface area (Å²) in [6.07, 6.45) is 9.16. The number of nitrogens with zero attached hydrogens (tertiary/aromatic N) is 6. The van der Waals surface area contributed by atoms with Crippen LogP contribution in [-0.4, -0.2) is 103 Å². The van der Waals surface area contributed by atoms with E-state index >= 15 is 4.39 Å². The van der Waals surface area contributed by atoms with Gasteiger partial charge in [0, 0.05) is 63.9 Å². The monoisotopic (exact) mass is 642 g/mol. The van der Waals surface area contributed by atoms with Crippen molar-refractivity contribution in [1.29, 1.82) is 0 Å². The van der Waals surface area contributed by atoms with Crippen LogP contribution in [0.15, 0.2) is 36.5 Å². The third-order valence-corrected chi connectivity index (χ3v) is 9.32. The smallest absolute Gasteiger partial charge is 0.414 e. The Morgan fingerprint density at radius 2 is 2.04 bits per heavy atom. The first-order chi connectivity index (χ1) is 22.7. The Labute approximate surface area is 271 Å². The molecule has 1 amide bonds. The number of benzene rings is 2. The lowest BCUT2D eigenvalue weighted by Gasteiger charge is -2.31. The van der Waals surface area contributed by atoms with Crippen LogP contribution in [0.3, 0.4) is 0 Å². The summed E-state index contributed by atoms with van der Waals surface area (Å²) in [5.74, 6) is 2.85. The third-order valence-electron chi connectivity index (χ3n) is 9.32. The van der Waals surface area contributed by atoms with Crippen LogP contribution in [0.2, 0.25) is 0 Å². The Bertz CT molecular complexity index is 1890. The number of alkyl halides is 1. The van der Waals surface area contributed by atoms with Gasteiger partial charge in [0.1, 0.15) is 30.2 Å². The summed E-state index contributed by atoms with van der Waals surface area (Å²) in [6.45, 7) is 4.12. The fourth-order valence-corrected chi connectivity index (χ4v) is 7.05. The number of terminal acetylenes is 1. The first-order valence-corrected chi connectivity index (χ1v) is 15.9. The van der Waals surface area contributed by atoms with E-state index in [0.717, 1.165) is 32.4 Å². The number of pyridine rings is 1. The average Bonchev–Trinajstić information content (AvgIpc) is 3.44. The maximum absolute atomic E-state index is 15.0. The van der Waals surface area contributed by atoms with Crippen molar-refractivity contribution >= 4 is 33.6 Å². The SMILES string of the molecule is C#Cc1c(F)ccc2cc(OC(=O)N(C)C)cc(-c3cc4nc(OC[C@@]56CCCN5C[C@H](F)C6)nc(N5CCCOCC5)c4cn3)c12. The largest absolute Gasteiger partial charge is 0.461 e. The van der Waals surface area contributed by atoms with Gasteiger partial charge < -0.3 is 24.0 Å². The van der Waals surface area contributed by atoms with Gasteiger partial charge in [-0.1, -0.05) is 12.0 Å². The molecule has 0 N–H and O–H groups in total. The Hall–Kier alpha value is -4.60. The maximum Gasteiger partial charge on any atom is 0.414 e. The normalized spacial score (nSPS) is 21.4. The number of hydrogen-bond donors (Lipinski definition) is 0. The molecule has 0 spiro atoms.